The summed E-state index contributed by atoms with van der Waals surface area (Å²) in [5.41, 5.74) is 2.52. The zero-order chi connectivity index (χ0) is 21.3. The summed E-state index contributed by atoms with van der Waals surface area (Å²) in [6.45, 7) is 0.0788. The zero-order valence-electron chi connectivity index (χ0n) is 16.8. The number of rotatable bonds is 8. The van der Waals surface area contributed by atoms with Crippen LogP contribution in [0.2, 0.25) is 0 Å². The van der Waals surface area contributed by atoms with Gasteiger partial charge in [0.25, 0.3) is 5.91 Å². The summed E-state index contributed by atoms with van der Waals surface area (Å²) in [6, 6.07) is 21.2. The second-order valence-electron chi connectivity index (χ2n) is 6.36. The standard InChI is InChI=1S/C23H23N3O4/c1-29-19-13-11-18(12-14-19)25-23(28)16-7-9-17(10-8-16)24-15-22(27)26-20-5-3-4-6-21(20)30-2/h3-14,24H,15H2,1-2H3,(H,25,28)(H,26,27). The first-order valence-corrected chi connectivity index (χ1v) is 9.31. The number of anilines is 3. The van der Waals surface area contributed by atoms with Gasteiger partial charge in [-0.1, -0.05) is 12.1 Å². The van der Waals surface area contributed by atoms with E-state index in [1.807, 2.05) is 12.1 Å². The van der Waals surface area contributed by atoms with Crippen LogP contribution in [0.1, 0.15) is 10.4 Å². The van der Waals surface area contributed by atoms with Crippen LogP contribution < -0.4 is 25.4 Å². The first-order chi connectivity index (χ1) is 14.6. The van der Waals surface area contributed by atoms with Gasteiger partial charge in [0.15, 0.2) is 0 Å². The molecule has 0 aliphatic rings. The molecule has 0 unspecified atom stereocenters. The summed E-state index contributed by atoms with van der Waals surface area (Å²) in [4.78, 5) is 24.5. The van der Waals surface area contributed by atoms with Gasteiger partial charge in [-0.15, -0.1) is 0 Å². The fourth-order valence-corrected chi connectivity index (χ4v) is 2.74. The van der Waals surface area contributed by atoms with Crippen LogP contribution in [0.25, 0.3) is 0 Å². The predicted molar refractivity (Wildman–Crippen MR) is 118 cm³/mol. The van der Waals surface area contributed by atoms with Crippen LogP contribution >= 0.6 is 0 Å². The Labute approximate surface area is 175 Å². The largest absolute Gasteiger partial charge is 0.497 e. The summed E-state index contributed by atoms with van der Waals surface area (Å²) in [6.07, 6.45) is 0. The lowest BCUT2D eigenvalue weighted by atomic mass is 10.2. The number of ether oxygens (including phenoxy) is 2. The van der Waals surface area contributed by atoms with Gasteiger partial charge in [-0.25, -0.2) is 0 Å². The summed E-state index contributed by atoms with van der Waals surface area (Å²) in [7, 11) is 3.14. The fraction of sp³-hybridized carbons (Fsp3) is 0.130. The van der Waals surface area contributed by atoms with Crippen LogP contribution in [0.3, 0.4) is 0 Å². The highest BCUT2D eigenvalue weighted by molar-refractivity contribution is 6.04. The Kier molecular flexibility index (Phi) is 6.89. The molecule has 0 fully saturated rings. The minimum atomic E-state index is -0.222. The van der Waals surface area contributed by atoms with Gasteiger partial charge < -0.3 is 25.4 Å². The molecule has 0 atom stereocenters. The Hall–Kier alpha value is -4.00. The normalized spacial score (nSPS) is 10.1. The number of methoxy groups -OCH3 is 2. The Morgan fingerprint density at radius 3 is 2.10 bits per heavy atom. The molecule has 2 amide bonds. The van der Waals surface area contributed by atoms with Crippen molar-refractivity contribution >= 4 is 28.9 Å². The first kappa shape index (κ1) is 20.7. The molecule has 0 saturated heterocycles. The predicted octanol–water partition coefficient (Wildman–Crippen LogP) is 4.01. The van der Waals surface area contributed by atoms with Crippen molar-refractivity contribution in [3.63, 3.8) is 0 Å². The van der Waals surface area contributed by atoms with Gasteiger partial charge in [-0.05, 0) is 60.7 Å². The summed E-state index contributed by atoms with van der Waals surface area (Å²) in [5.74, 6) is 0.887. The molecular weight excluding hydrogens is 382 g/mol. The smallest absolute Gasteiger partial charge is 0.255 e. The zero-order valence-corrected chi connectivity index (χ0v) is 16.8. The molecule has 0 bridgehead atoms. The number of hydrogen-bond donors (Lipinski definition) is 3. The average molecular weight is 405 g/mol. The second-order valence-corrected chi connectivity index (χ2v) is 6.36. The van der Waals surface area contributed by atoms with E-state index in [0.29, 0.717) is 22.7 Å². The van der Waals surface area contributed by atoms with E-state index < -0.39 is 0 Å². The molecule has 0 saturated carbocycles. The first-order valence-electron chi connectivity index (χ1n) is 9.31. The molecule has 0 aromatic heterocycles. The third-order valence-electron chi connectivity index (χ3n) is 4.33. The van der Waals surface area contributed by atoms with Crippen molar-refractivity contribution in [3.05, 3.63) is 78.4 Å². The Morgan fingerprint density at radius 1 is 0.767 bits per heavy atom. The Bertz CT molecular complexity index is 1000. The van der Waals surface area contributed by atoms with Crippen LogP contribution in [-0.2, 0) is 4.79 Å². The van der Waals surface area contributed by atoms with Crippen LogP contribution in [-0.4, -0.2) is 32.6 Å². The number of amides is 2. The molecule has 3 N–H and O–H groups in total. The monoisotopic (exact) mass is 405 g/mol. The van der Waals surface area contributed by atoms with Crippen molar-refractivity contribution in [2.75, 3.05) is 36.7 Å². The fourth-order valence-electron chi connectivity index (χ4n) is 2.74. The van der Waals surface area contributed by atoms with E-state index >= 15 is 0 Å². The molecule has 3 aromatic carbocycles. The maximum atomic E-state index is 12.4. The van der Waals surface area contributed by atoms with Crippen molar-refractivity contribution in [2.45, 2.75) is 0 Å². The van der Waals surface area contributed by atoms with Gasteiger partial charge in [0.1, 0.15) is 11.5 Å². The molecular formula is C23H23N3O4. The lowest BCUT2D eigenvalue weighted by Crippen LogP contribution is -2.22. The molecule has 3 rings (SSSR count). The second kappa shape index (κ2) is 9.97. The molecule has 0 aliphatic heterocycles. The summed E-state index contributed by atoms with van der Waals surface area (Å²) >= 11 is 0. The average Bonchev–Trinajstić information content (AvgIpc) is 2.79. The lowest BCUT2D eigenvalue weighted by Gasteiger charge is -2.11. The third kappa shape index (κ3) is 5.51. The Balaban J connectivity index is 1.52. The van der Waals surface area contributed by atoms with Gasteiger partial charge in [-0.3, -0.25) is 9.59 Å². The highest BCUT2D eigenvalue weighted by Crippen LogP contribution is 2.23. The maximum absolute atomic E-state index is 12.4. The van der Waals surface area contributed by atoms with E-state index in [0.717, 1.165) is 11.4 Å². The number of hydrogen-bond acceptors (Lipinski definition) is 5. The van der Waals surface area contributed by atoms with Crippen molar-refractivity contribution in [1.29, 1.82) is 0 Å². The molecule has 0 radical (unpaired) electrons. The van der Waals surface area contributed by atoms with Crippen molar-refractivity contribution in [2.24, 2.45) is 0 Å². The van der Waals surface area contributed by atoms with Gasteiger partial charge in [0, 0.05) is 16.9 Å². The highest BCUT2D eigenvalue weighted by Gasteiger charge is 2.08. The quantitative estimate of drug-likeness (QED) is 0.527. The number of para-hydroxylation sites is 2. The minimum absolute atomic E-state index is 0.0788. The number of carbonyl (C=O) groups excluding carboxylic acids is 2. The number of carbonyl (C=O) groups is 2. The van der Waals surface area contributed by atoms with Gasteiger partial charge in [0.2, 0.25) is 5.91 Å². The van der Waals surface area contributed by atoms with E-state index in [1.165, 1.54) is 0 Å². The SMILES string of the molecule is COc1ccc(NC(=O)c2ccc(NCC(=O)Nc3ccccc3OC)cc2)cc1. The van der Waals surface area contributed by atoms with Gasteiger partial charge >= 0.3 is 0 Å². The lowest BCUT2D eigenvalue weighted by molar-refractivity contribution is -0.114. The van der Waals surface area contributed by atoms with E-state index in [4.69, 9.17) is 9.47 Å². The van der Waals surface area contributed by atoms with E-state index in [9.17, 15) is 9.59 Å². The van der Waals surface area contributed by atoms with Gasteiger partial charge in [-0.2, -0.15) is 0 Å². The minimum Gasteiger partial charge on any atom is -0.497 e. The third-order valence-corrected chi connectivity index (χ3v) is 4.33. The molecule has 3 aromatic rings. The van der Waals surface area contributed by atoms with Crippen molar-refractivity contribution in [3.8, 4) is 11.5 Å². The van der Waals surface area contributed by atoms with Crippen LogP contribution in [0.5, 0.6) is 11.5 Å². The van der Waals surface area contributed by atoms with Crippen molar-refractivity contribution < 1.29 is 19.1 Å². The maximum Gasteiger partial charge on any atom is 0.255 e. The highest BCUT2D eigenvalue weighted by atomic mass is 16.5. The topological polar surface area (TPSA) is 88.7 Å². The van der Waals surface area contributed by atoms with Crippen LogP contribution in [0.15, 0.2) is 72.8 Å². The number of benzene rings is 3. The molecule has 7 heteroatoms. The molecule has 0 aliphatic carbocycles. The number of nitrogens with one attached hydrogen (secondary N) is 3. The summed E-state index contributed by atoms with van der Waals surface area (Å²) in [5, 5.41) is 8.66. The van der Waals surface area contributed by atoms with Gasteiger partial charge in [0.05, 0.1) is 26.5 Å². The van der Waals surface area contributed by atoms with Crippen LogP contribution in [0.4, 0.5) is 17.1 Å². The van der Waals surface area contributed by atoms with E-state index in [1.54, 1.807) is 74.9 Å². The molecule has 0 spiro atoms. The molecule has 154 valence electrons. The Morgan fingerprint density at radius 2 is 1.43 bits per heavy atom. The van der Waals surface area contributed by atoms with Crippen molar-refractivity contribution in [1.82, 2.24) is 0 Å². The van der Waals surface area contributed by atoms with E-state index in [-0.39, 0.29) is 18.4 Å². The molecule has 7 nitrogen and oxygen atoms in total. The van der Waals surface area contributed by atoms with Crippen LogP contribution in [0, 0.1) is 0 Å². The molecule has 0 heterocycles. The summed E-state index contributed by atoms with van der Waals surface area (Å²) < 4.78 is 10.3. The molecule has 30 heavy (non-hydrogen) atoms. The van der Waals surface area contributed by atoms with E-state index in [2.05, 4.69) is 16.0 Å².